The molecule has 0 aromatic rings. The summed E-state index contributed by atoms with van der Waals surface area (Å²) in [6, 6.07) is -0.415. The quantitative estimate of drug-likeness (QED) is 0.146. The maximum atomic E-state index is 12.1. The van der Waals surface area contributed by atoms with Gasteiger partial charge in [0.15, 0.2) is 0 Å². The van der Waals surface area contributed by atoms with Crippen molar-refractivity contribution in [3.05, 3.63) is 87.2 Å². The highest BCUT2D eigenvalue weighted by Gasteiger charge is 2.13. The van der Waals surface area contributed by atoms with Crippen molar-refractivity contribution in [3.8, 4) is 0 Å². The van der Waals surface area contributed by atoms with Crippen molar-refractivity contribution >= 4 is 5.91 Å². The molecule has 0 aromatic heterocycles. The average Bonchev–Trinajstić information content (AvgIpc) is 2.89. The number of hydrogen-bond acceptors (Lipinski definition) is 2. The van der Waals surface area contributed by atoms with Gasteiger partial charge in [0.25, 0.3) is 0 Å². The first-order valence-corrected chi connectivity index (χ1v) is 13.4. The molecular formula is C34H71NO2. The van der Waals surface area contributed by atoms with Crippen LogP contribution in [0.5, 0.6) is 0 Å². The van der Waals surface area contributed by atoms with E-state index in [0.29, 0.717) is 6.42 Å². The van der Waals surface area contributed by atoms with Crippen molar-refractivity contribution in [2.75, 3.05) is 0 Å². The highest BCUT2D eigenvalue weighted by molar-refractivity contribution is 5.76. The van der Waals surface area contributed by atoms with Crippen molar-refractivity contribution in [2.45, 2.75) is 116 Å². The molecule has 2 atom stereocenters. The van der Waals surface area contributed by atoms with E-state index in [9.17, 15) is 9.90 Å². The first-order chi connectivity index (χ1) is 18.1. The van der Waals surface area contributed by atoms with Crippen molar-refractivity contribution < 1.29 is 31.3 Å². The highest BCUT2D eigenvalue weighted by atomic mass is 16.3. The molecule has 0 heterocycles. The van der Waals surface area contributed by atoms with E-state index in [1.807, 2.05) is 0 Å². The third kappa shape index (κ3) is 25.2. The third-order valence-electron chi connectivity index (χ3n) is 5.45. The van der Waals surface area contributed by atoms with Crippen LogP contribution in [0.2, 0.25) is 0 Å². The number of aliphatic hydroxyl groups excluding tert-OH is 1. The third-order valence-corrected chi connectivity index (χ3v) is 5.45. The van der Waals surface area contributed by atoms with Crippen molar-refractivity contribution in [1.82, 2.24) is 5.32 Å². The van der Waals surface area contributed by atoms with Gasteiger partial charge in [0.2, 0.25) is 5.91 Å². The lowest BCUT2D eigenvalue weighted by Gasteiger charge is -2.16. The maximum Gasteiger partial charge on any atom is 0.220 e. The summed E-state index contributed by atoms with van der Waals surface area (Å²) in [5.74, 6) is -0.0390. The summed E-state index contributed by atoms with van der Waals surface area (Å²) < 4.78 is 0. The van der Waals surface area contributed by atoms with Crippen LogP contribution in [0.15, 0.2) is 87.2 Å². The highest BCUT2D eigenvalue weighted by Crippen LogP contribution is 2.13. The number of unbranched alkanes of at least 4 members (excludes halogenated alkanes) is 12. The molecule has 0 aliphatic heterocycles. The van der Waals surface area contributed by atoms with Crippen LogP contribution >= 0.6 is 0 Å². The summed E-state index contributed by atoms with van der Waals surface area (Å²) >= 11 is 0. The fraction of sp³-hybridized carbons (Fsp3) is 0.529. The van der Waals surface area contributed by atoms with Gasteiger partial charge in [-0.15, -0.1) is 0 Å². The van der Waals surface area contributed by atoms with Crippen LogP contribution in [0.1, 0.15) is 125 Å². The van der Waals surface area contributed by atoms with Gasteiger partial charge in [-0.05, 0) is 89.0 Å². The Morgan fingerprint density at radius 2 is 1.14 bits per heavy atom. The lowest BCUT2D eigenvalue weighted by atomic mass is 10.0. The van der Waals surface area contributed by atoms with Gasteiger partial charge in [-0.2, -0.15) is 0 Å². The SMILES string of the molecule is C=C=C=C=C=C=C=C=C=C=C=C=C=C=C[C@H](O)[C@H](C)NC(=O)CCCCCCCCCCCCCCC.[HH].[HH].[HH].[HH].[HH].[HH].[HH].[HH].[HH].[HH].[HH].[HH].[HH].[HH].[HH]. The molecule has 3 heteroatoms. The maximum absolute atomic E-state index is 12.1. The first kappa shape index (κ1) is 33.3. The van der Waals surface area contributed by atoms with E-state index in [1.54, 1.807) is 6.92 Å². The van der Waals surface area contributed by atoms with E-state index in [4.69, 9.17) is 0 Å². The summed E-state index contributed by atoms with van der Waals surface area (Å²) in [6.07, 6.45) is 17.6. The Labute approximate surface area is 246 Å². The Morgan fingerprint density at radius 1 is 0.730 bits per heavy atom. The van der Waals surface area contributed by atoms with E-state index in [-0.39, 0.29) is 27.3 Å². The van der Waals surface area contributed by atoms with Crippen molar-refractivity contribution in [3.63, 3.8) is 0 Å². The van der Waals surface area contributed by atoms with E-state index < -0.39 is 12.1 Å². The Balaban J connectivity index is -0.0000000617. The van der Waals surface area contributed by atoms with Crippen LogP contribution in [0, 0.1) is 0 Å². The predicted molar refractivity (Wildman–Crippen MR) is 181 cm³/mol. The van der Waals surface area contributed by atoms with Gasteiger partial charge in [-0.3, -0.25) is 4.79 Å². The second-order valence-corrected chi connectivity index (χ2v) is 8.70. The minimum atomic E-state index is -0.873. The zero-order valence-corrected chi connectivity index (χ0v) is 22.7. The molecule has 0 aromatic carbocycles. The molecule has 0 aliphatic carbocycles. The summed E-state index contributed by atoms with van der Waals surface area (Å²) in [7, 11) is 0. The molecule has 0 saturated carbocycles. The van der Waals surface area contributed by atoms with Gasteiger partial charge in [0.1, 0.15) is 0 Å². The molecule has 0 fully saturated rings. The van der Waals surface area contributed by atoms with Gasteiger partial charge in [-0.1, -0.05) is 95.4 Å². The number of hydrogen-bond donors (Lipinski definition) is 2. The Bertz CT molecular complexity index is 1200. The lowest BCUT2D eigenvalue weighted by molar-refractivity contribution is -0.122. The largest absolute Gasteiger partial charge is 0.386 e. The van der Waals surface area contributed by atoms with Gasteiger partial charge in [0.05, 0.1) is 12.1 Å². The Kier molecular flexibility index (Phi) is 24.2. The smallest absolute Gasteiger partial charge is 0.220 e. The topological polar surface area (TPSA) is 49.3 Å². The molecule has 3 nitrogen and oxygen atoms in total. The van der Waals surface area contributed by atoms with Crippen LogP contribution in [-0.2, 0) is 4.79 Å². The molecule has 0 spiro atoms. The second-order valence-electron chi connectivity index (χ2n) is 8.70. The van der Waals surface area contributed by atoms with E-state index in [0.717, 1.165) is 12.8 Å². The monoisotopic (exact) mass is 526 g/mol. The minimum Gasteiger partial charge on any atom is -0.386 e. The zero-order valence-electron chi connectivity index (χ0n) is 22.7. The molecule has 1 amide bonds. The van der Waals surface area contributed by atoms with Crippen LogP contribution in [0.3, 0.4) is 0 Å². The fourth-order valence-electron chi connectivity index (χ4n) is 3.35. The Morgan fingerprint density at radius 3 is 1.59 bits per heavy atom. The van der Waals surface area contributed by atoms with E-state index in [1.165, 1.54) is 76.7 Å². The summed E-state index contributed by atoms with van der Waals surface area (Å²) in [6.45, 7) is 7.34. The first-order valence-electron chi connectivity index (χ1n) is 13.4. The fourth-order valence-corrected chi connectivity index (χ4v) is 3.35. The molecule has 0 radical (unpaired) electrons. The molecule has 0 unspecified atom stereocenters. The lowest BCUT2D eigenvalue weighted by Crippen LogP contribution is -2.40. The number of rotatable bonds is 17. The van der Waals surface area contributed by atoms with E-state index >= 15 is 0 Å². The Hall–Kier alpha value is -3.69. The van der Waals surface area contributed by atoms with Crippen LogP contribution in [-0.4, -0.2) is 23.2 Å². The predicted octanol–water partition coefficient (Wildman–Crippen LogP) is 11.2. The van der Waals surface area contributed by atoms with Crippen LogP contribution in [0.25, 0.3) is 0 Å². The molecule has 37 heavy (non-hydrogen) atoms. The number of carbonyl (C=O) groups is 1. The standard InChI is InChI=1S/C34H41NO2.15H2/c1-4-6-8-10-12-14-16-18-20-22-24-26-28-30-33(36)32(3)35-34(37)31-29-27-25-23-21-19-17-15-13-11-9-7-5-2;;;;;;;;;;;;;;;/h30,32-33,36H,1,5,7,9,11,13,15,17,19,21,23,25,27,29,31H2,2-3H3,(H,35,37);15*1H/t32-,33-;;;;;;;;;;;;;;;/m0.............../s1. The number of carbonyl (C=O) groups excluding carboxylic acids is 1. The normalized spacial score (nSPS) is 10.1. The van der Waals surface area contributed by atoms with Crippen LogP contribution < -0.4 is 5.32 Å². The molecule has 2 N–H and O–H groups in total. The van der Waals surface area contributed by atoms with Gasteiger partial charge >= 0.3 is 0 Å². The van der Waals surface area contributed by atoms with Gasteiger partial charge in [0, 0.05) is 27.8 Å². The average molecular weight is 526 g/mol. The molecular weight excluding hydrogens is 454 g/mol. The van der Waals surface area contributed by atoms with Gasteiger partial charge < -0.3 is 10.4 Å². The minimum absolute atomic E-state index is 0. The summed E-state index contributed by atoms with van der Waals surface area (Å²) in [5, 5.41) is 13.0. The summed E-state index contributed by atoms with van der Waals surface area (Å²) in [4.78, 5) is 12.1. The molecule has 224 valence electrons. The van der Waals surface area contributed by atoms with E-state index in [2.05, 4.69) is 93.3 Å². The molecule has 0 bridgehead atoms. The molecule has 0 rings (SSSR count). The van der Waals surface area contributed by atoms with Gasteiger partial charge in [-0.25, -0.2) is 0 Å². The van der Waals surface area contributed by atoms with Crippen molar-refractivity contribution in [2.24, 2.45) is 0 Å². The molecule has 0 saturated heterocycles. The second kappa shape index (κ2) is 26.9. The zero-order chi connectivity index (χ0) is 27.2. The van der Waals surface area contributed by atoms with Crippen molar-refractivity contribution in [1.29, 1.82) is 0 Å². The molecule has 0 aliphatic rings. The number of amides is 1. The summed E-state index contributed by atoms with van der Waals surface area (Å²) in [5.41, 5.74) is 32.8. The number of nitrogens with one attached hydrogen (secondary N) is 1. The van der Waals surface area contributed by atoms with Crippen LogP contribution in [0.4, 0.5) is 0 Å². The number of aliphatic hydroxyl groups is 1.